The highest BCUT2D eigenvalue weighted by molar-refractivity contribution is 5.80. The van der Waals surface area contributed by atoms with Crippen LogP contribution in [0.4, 0.5) is 0 Å². The highest BCUT2D eigenvalue weighted by Gasteiger charge is 2.30. The molecule has 0 saturated carbocycles. The number of ether oxygens (including phenoxy) is 1. The highest BCUT2D eigenvalue weighted by atomic mass is 16.5. The Morgan fingerprint density at radius 1 is 1.11 bits per heavy atom. The van der Waals surface area contributed by atoms with Crippen molar-refractivity contribution in [1.29, 1.82) is 0 Å². The van der Waals surface area contributed by atoms with Crippen molar-refractivity contribution in [1.82, 2.24) is 15.1 Å². The molecular formula is C21H28N4O2. The van der Waals surface area contributed by atoms with Crippen molar-refractivity contribution in [2.45, 2.75) is 19.0 Å². The van der Waals surface area contributed by atoms with Crippen molar-refractivity contribution < 1.29 is 9.15 Å². The van der Waals surface area contributed by atoms with Gasteiger partial charge in [0.1, 0.15) is 11.5 Å². The fourth-order valence-electron chi connectivity index (χ4n) is 3.90. The van der Waals surface area contributed by atoms with Crippen LogP contribution in [0.1, 0.15) is 12.2 Å². The molecule has 1 aromatic heterocycles. The molecule has 3 heterocycles. The van der Waals surface area contributed by atoms with Crippen LogP contribution < -0.4 is 5.32 Å². The van der Waals surface area contributed by atoms with Crippen molar-refractivity contribution in [3.63, 3.8) is 0 Å². The van der Waals surface area contributed by atoms with Crippen LogP contribution >= 0.6 is 0 Å². The van der Waals surface area contributed by atoms with Gasteiger partial charge in [-0.1, -0.05) is 30.3 Å². The molecule has 0 aliphatic carbocycles. The third-order valence-electron chi connectivity index (χ3n) is 5.38. The molecule has 144 valence electrons. The van der Waals surface area contributed by atoms with Crippen LogP contribution in [-0.2, 0) is 11.3 Å². The van der Waals surface area contributed by atoms with Gasteiger partial charge < -0.3 is 19.4 Å². The molecule has 0 radical (unpaired) electrons. The lowest BCUT2D eigenvalue weighted by Crippen LogP contribution is -2.46. The van der Waals surface area contributed by atoms with Gasteiger partial charge in [-0.25, -0.2) is 0 Å². The SMILES string of the molecule is CN=C(NCc1ccc(-c2ccccc2)o1)N1CCC(N2CCOCC2)C1. The molecule has 2 aromatic rings. The van der Waals surface area contributed by atoms with Gasteiger partial charge in [-0.05, 0) is 18.6 Å². The van der Waals surface area contributed by atoms with E-state index in [0.29, 0.717) is 12.6 Å². The lowest BCUT2D eigenvalue weighted by molar-refractivity contribution is 0.0195. The van der Waals surface area contributed by atoms with E-state index in [-0.39, 0.29) is 0 Å². The number of guanidine groups is 1. The predicted molar refractivity (Wildman–Crippen MR) is 107 cm³/mol. The maximum absolute atomic E-state index is 5.99. The molecule has 4 rings (SSSR count). The molecular weight excluding hydrogens is 340 g/mol. The minimum absolute atomic E-state index is 0.598. The quantitative estimate of drug-likeness (QED) is 0.664. The smallest absolute Gasteiger partial charge is 0.194 e. The molecule has 2 aliphatic heterocycles. The standard InChI is InChI=1S/C21H28N4O2/c1-22-21(25-10-9-18(16-25)24-11-13-26-14-12-24)23-15-19-7-8-20(27-19)17-5-3-2-4-6-17/h2-8,18H,9-16H2,1H3,(H,22,23). The Morgan fingerprint density at radius 2 is 1.93 bits per heavy atom. The van der Waals surface area contributed by atoms with Crippen LogP contribution in [0.2, 0.25) is 0 Å². The molecule has 6 heteroatoms. The molecule has 2 saturated heterocycles. The summed E-state index contributed by atoms with van der Waals surface area (Å²) in [7, 11) is 1.85. The van der Waals surface area contributed by atoms with Crippen LogP contribution in [0.25, 0.3) is 11.3 Å². The minimum atomic E-state index is 0.598. The van der Waals surface area contributed by atoms with E-state index in [1.54, 1.807) is 0 Å². The van der Waals surface area contributed by atoms with Gasteiger partial charge in [0, 0.05) is 44.8 Å². The predicted octanol–water partition coefficient (Wildman–Crippen LogP) is 2.43. The summed E-state index contributed by atoms with van der Waals surface area (Å²) in [6, 6.07) is 14.8. The lowest BCUT2D eigenvalue weighted by Gasteiger charge is -2.32. The molecule has 1 aromatic carbocycles. The van der Waals surface area contributed by atoms with Crippen molar-refractivity contribution in [2.75, 3.05) is 46.4 Å². The molecule has 1 N–H and O–H groups in total. The zero-order valence-corrected chi connectivity index (χ0v) is 15.9. The number of morpholine rings is 1. The van der Waals surface area contributed by atoms with E-state index in [0.717, 1.165) is 62.4 Å². The lowest BCUT2D eigenvalue weighted by atomic mass is 10.2. The van der Waals surface area contributed by atoms with Crippen LogP contribution in [0.15, 0.2) is 51.9 Å². The fraction of sp³-hybridized carbons (Fsp3) is 0.476. The first kappa shape index (κ1) is 18.1. The zero-order valence-electron chi connectivity index (χ0n) is 15.9. The second-order valence-corrected chi connectivity index (χ2v) is 7.07. The van der Waals surface area contributed by atoms with Gasteiger partial charge in [0.05, 0.1) is 19.8 Å². The number of furan rings is 1. The van der Waals surface area contributed by atoms with E-state index < -0.39 is 0 Å². The molecule has 27 heavy (non-hydrogen) atoms. The largest absolute Gasteiger partial charge is 0.459 e. The normalized spacial score (nSPS) is 21.6. The van der Waals surface area contributed by atoms with Gasteiger partial charge in [-0.15, -0.1) is 0 Å². The maximum atomic E-state index is 5.99. The highest BCUT2D eigenvalue weighted by Crippen LogP contribution is 2.22. The monoisotopic (exact) mass is 368 g/mol. The van der Waals surface area contributed by atoms with E-state index >= 15 is 0 Å². The van der Waals surface area contributed by atoms with Gasteiger partial charge in [-0.3, -0.25) is 9.89 Å². The number of aliphatic imine (C=N–C) groups is 1. The summed E-state index contributed by atoms with van der Waals surface area (Å²) < 4.78 is 11.5. The Balaban J connectivity index is 1.31. The van der Waals surface area contributed by atoms with Crippen LogP contribution in [-0.4, -0.2) is 68.2 Å². The van der Waals surface area contributed by atoms with E-state index in [1.807, 2.05) is 37.4 Å². The molecule has 0 amide bonds. The summed E-state index contributed by atoms with van der Waals surface area (Å²) >= 11 is 0. The number of hydrogen-bond acceptors (Lipinski definition) is 4. The number of nitrogens with one attached hydrogen (secondary N) is 1. The Labute approximate surface area is 160 Å². The average Bonchev–Trinajstić information content (AvgIpc) is 3.40. The molecule has 2 aliphatic rings. The van der Waals surface area contributed by atoms with Crippen LogP contribution in [0.5, 0.6) is 0 Å². The summed E-state index contributed by atoms with van der Waals surface area (Å²) in [5.74, 6) is 2.76. The van der Waals surface area contributed by atoms with Gasteiger partial charge in [-0.2, -0.15) is 0 Å². The second-order valence-electron chi connectivity index (χ2n) is 7.07. The van der Waals surface area contributed by atoms with Gasteiger partial charge in [0.25, 0.3) is 0 Å². The third kappa shape index (κ3) is 4.34. The van der Waals surface area contributed by atoms with E-state index in [1.165, 1.54) is 6.42 Å². The zero-order chi connectivity index (χ0) is 18.5. The summed E-state index contributed by atoms with van der Waals surface area (Å²) in [5, 5.41) is 3.45. The molecule has 1 atom stereocenters. The number of benzene rings is 1. The Morgan fingerprint density at radius 3 is 2.70 bits per heavy atom. The molecule has 0 spiro atoms. The maximum Gasteiger partial charge on any atom is 0.194 e. The summed E-state index contributed by atoms with van der Waals surface area (Å²) in [6.45, 7) is 6.48. The van der Waals surface area contributed by atoms with E-state index in [2.05, 4.69) is 32.2 Å². The second kappa shape index (κ2) is 8.59. The van der Waals surface area contributed by atoms with Crippen molar-refractivity contribution >= 4 is 5.96 Å². The van der Waals surface area contributed by atoms with Gasteiger partial charge >= 0.3 is 0 Å². The Hall–Kier alpha value is -2.31. The molecule has 2 fully saturated rings. The van der Waals surface area contributed by atoms with Crippen molar-refractivity contribution in [3.8, 4) is 11.3 Å². The molecule has 6 nitrogen and oxygen atoms in total. The number of hydrogen-bond donors (Lipinski definition) is 1. The summed E-state index contributed by atoms with van der Waals surface area (Å²) in [6.07, 6.45) is 1.18. The van der Waals surface area contributed by atoms with Gasteiger partial charge in [0.2, 0.25) is 0 Å². The average molecular weight is 368 g/mol. The number of likely N-dealkylation sites (tertiary alicyclic amines) is 1. The van der Waals surface area contributed by atoms with Crippen molar-refractivity contribution in [3.05, 3.63) is 48.2 Å². The topological polar surface area (TPSA) is 53.2 Å². The fourth-order valence-corrected chi connectivity index (χ4v) is 3.90. The van der Waals surface area contributed by atoms with E-state index in [4.69, 9.17) is 9.15 Å². The first-order chi connectivity index (χ1) is 13.3. The number of nitrogens with zero attached hydrogens (tertiary/aromatic N) is 3. The summed E-state index contributed by atoms with van der Waals surface area (Å²) in [4.78, 5) is 9.38. The Bertz CT molecular complexity index is 753. The first-order valence-electron chi connectivity index (χ1n) is 9.75. The van der Waals surface area contributed by atoms with Crippen LogP contribution in [0.3, 0.4) is 0 Å². The summed E-state index contributed by atoms with van der Waals surface area (Å²) in [5.41, 5.74) is 1.10. The minimum Gasteiger partial charge on any atom is -0.459 e. The van der Waals surface area contributed by atoms with Gasteiger partial charge in [0.15, 0.2) is 5.96 Å². The van der Waals surface area contributed by atoms with Crippen LogP contribution in [0, 0.1) is 0 Å². The number of rotatable bonds is 4. The van der Waals surface area contributed by atoms with E-state index in [9.17, 15) is 0 Å². The molecule has 1 unspecified atom stereocenters. The Kier molecular flexibility index (Phi) is 5.75. The third-order valence-corrected chi connectivity index (χ3v) is 5.38. The molecule has 0 bridgehead atoms. The first-order valence-corrected chi connectivity index (χ1v) is 9.75. The van der Waals surface area contributed by atoms with Crippen molar-refractivity contribution in [2.24, 2.45) is 4.99 Å².